The highest BCUT2D eigenvalue weighted by Gasteiger charge is 2.20. The summed E-state index contributed by atoms with van der Waals surface area (Å²) in [4.78, 5) is 17.2. The van der Waals surface area contributed by atoms with Gasteiger partial charge in [0.1, 0.15) is 24.8 Å². The molecule has 0 bridgehead atoms. The number of hydrogen-bond acceptors (Lipinski definition) is 6. The number of halogens is 1. The summed E-state index contributed by atoms with van der Waals surface area (Å²) >= 11 is 3.56. The summed E-state index contributed by atoms with van der Waals surface area (Å²) in [5.41, 5.74) is 4.56. The van der Waals surface area contributed by atoms with Gasteiger partial charge >= 0.3 is 0 Å². The van der Waals surface area contributed by atoms with E-state index in [-0.39, 0.29) is 11.9 Å². The summed E-state index contributed by atoms with van der Waals surface area (Å²) in [6, 6.07) is 5.68. The molecular weight excluding hydrogens is 462 g/mol. The molecule has 1 aliphatic rings. The fraction of sp³-hybridized carbons (Fsp3) is 0.364. The second kappa shape index (κ2) is 8.55. The molecule has 0 saturated heterocycles. The average molecular weight is 484 g/mol. The van der Waals surface area contributed by atoms with Crippen LogP contribution in [0.4, 0.5) is 0 Å². The minimum Gasteiger partial charge on any atom is -0.486 e. The molecular formula is C22H22BrN5O3. The van der Waals surface area contributed by atoms with Gasteiger partial charge in [0.2, 0.25) is 5.91 Å². The first-order valence-corrected chi connectivity index (χ1v) is 10.8. The van der Waals surface area contributed by atoms with E-state index < -0.39 is 0 Å². The standard InChI is InChI=1S/C22H22BrN5O3/c1-12-16(14(3)28-22(27-12)15(10-24)11-25-28)4-5-21(29)26-13(2)17-8-19-20(9-18(17)23)31-7-6-30-19/h8-9,11,13H,4-7H2,1-3H3,(H,26,29). The molecule has 1 aromatic carbocycles. The lowest BCUT2D eigenvalue weighted by Gasteiger charge is -2.22. The fourth-order valence-corrected chi connectivity index (χ4v) is 4.46. The Morgan fingerprint density at radius 1 is 1.32 bits per heavy atom. The molecule has 3 heterocycles. The molecule has 31 heavy (non-hydrogen) atoms. The second-order valence-electron chi connectivity index (χ2n) is 7.47. The molecule has 0 radical (unpaired) electrons. The van der Waals surface area contributed by atoms with Crippen LogP contribution in [0.2, 0.25) is 0 Å². The second-order valence-corrected chi connectivity index (χ2v) is 8.33. The Hall–Kier alpha value is -3.12. The molecule has 0 spiro atoms. The van der Waals surface area contributed by atoms with Crippen LogP contribution in [-0.4, -0.2) is 33.7 Å². The van der Waals surface area contributed by atoms with Gasteiger partial charge in [-0.2, -0.15) is 10.4 Å². The largest absolute Gasteiger partial charge is 0.486 e. The third-order valence-electron chi connectivity index (χ3n) is 5.44. The lowest BCUT2D eigenvalue weighted by molar-refractivity contribution is -0.121. The van der Waals surface area contributed by atoms with Crippen LogP contribution in [0.25, 0.3) is 5.65 Å². The Morgan fingerprint density at radius 2 is 2.03 bits per heavy atom. The fourth-order valence-electron chi connectivity index (χ4n) is 3.79. The summed E-state index contributed by atoms with van der Waals surface area (Å²) in [7, 11) is 0. The van der Waals surface area contributed by atoms with Crippen molar-refractivity contribution in [3.8, 4) is 17.6 Å². The topological polar surface area (TPSA) is 102 Å². The number of aryl methyl sites for hydroxylation is 2. The van der Waals surface area contributed by atoms with E-state index in [0.717, 1.165) is 27.0 Å². The minimum absolute atomic E-state index is 0.0636. The van der Waals surface area contributed by atoms with Crippen LogP contribution in [0.1, 0.15) is 47.5 Å². The first kappa shape index (κ1) is 21.1. The number of ether oxygens (including phenoxy) is 2. The zero-order valence-electron chi connectivity index (χ0n) is 17.5. The lowest BCUT2D eigenvalue weighted by atomic mass is 10.0. The van der Waals surface area contributed by atoms with Gasteiger partial charge < -0.3 is 14.8 Å². The number of carbonyl (C=O) groups is 1. The zero-order chi connectivity index (χ0) is 22.1. The number of nitriles is 1. The first-order chi connectivity index (χ1) is 14.9. The van der Waals surface area contributed by atoms with E-state index >= 15 is 0 Å². The molecule has 0 fully saturated rings. The van der Waals surface area contributed by atoms with Crippen LogP contribution in [0.5, 0.6) is 11.5 Å². The molecule has 4 rings (SSSR count). The highest BCUT2D eigenvalue weighted by Crippen LogP contribution is 2.37. The van der Waals surface area contributed by atoms with E-state index in [1.807, 2.05) is 32.9 Å². The molecule has 8 nitrogen and oxygen atoms in total. The van der Waals surface area contributed by atoms with Crippen molar-refractivity contribution in [1.29, 1.82) is 5.26 Å². The number of rotatable bonds is 5. The van der Waals surface area contributed by atoms with Gasteiger partial charge in [-0.05, 0) is 50.5 Å². The predicted octanol–water partition coefficient (Wildman–Crippen LogP) is 3.56. The number of hydrogen-bond donors (Lipinski definition) is 1. The van der Waals surface area contributed by atoms with Gasteiger partial charge in [-0.1, -0.05) is 15.9 Å². The summed E-state index contributed by atoms with van der Waals surface area (Å²) in [5, 5.41) is 16.5. The van der Waals surface area contributed by atoms with Crippen molar-refractivity contribution in [3.63, 3.8) is 0 Å². The molecule has 1 atom stereocenters. The van der Waals surface area contributed by atoms with Gasteiger partial charge in [0.15, 0.2) is 17.1 Å². The Labute approximate surface area is 188 Å². The van der Waals surface area contributed by atoms with Crippen LogP contribution >= 0.6 is 15.9 Å². The maximum absolute atomic E-state index is 12.7. The van der Waals surface area contributed by atoms with Gasteiger partial charge in [-0.15, -0.1) is 0 Å². The number of amides is 1. The van der Waals surface area contributed by atoms with Crippen LogP contribution in [-0.2, 0) is 11.2 Å². The molecule has 0 saturated carbocycles. The van der Waals surface area contributed by atoms with E-state index in [0.29, 0.717) is 48.8 Å². The molecule has 1 aliphatic heterocycles. The summed E-state index contributed by atoms with van der Waals surface area (Å²) in [5.74, 6) is 1.32. The Bertz CT molecular complexity index is 1210. The number of nitrogens with zero attached hydrogens (tertiary/aromatic N) is 4. The molecule has 9 heteroatoms. The number of carbonyl (C=O) groups excluding carboxylic acids is 1. The van der Waals surface area contributed by atoms with Gasteiger partial charge in [-0.3, -0.25) is 4.79 Å². The predicted molar refractivity (Wildman–Crippen MR) is 117 cm³/mol. The number of nitrogens with one attached hydrogen (secondary N) is 1. The van der Waals surface area contributed by atoms with Crippen molar-refractivity contribution < 1.29 is 14.3 Å². The van der Waals surface area contributed by atoms with Crippen LogP contribution in [0, 0.1) is 25.2 Å². The van der Waals surface area contributed by atoms with Gasteiger partial charge in [0, 0.05) is 22.3 Å². The molecule has 3 aromatic rings. The van der Waals surface area contributed by atoms with Crippen molar-refractivity contribution in [3.05, 3.63) is 50.9 Å². The van der Waals surface area contributed by atoms with E-state index in [4.69, 9.17) is 9.47 Å². The summed E-state index contributed by atoms with van der Waals surface area (Å²) < 4.78 is 13.8. The lowest BCUT2D eigenvalue weighted by Crippen LogP contribution is -2.27. The highest BCUT2D eigenvalue weighted by atomic mass is 79.9. The molecule has 2 aromatic heterocycles. The average Bonchev–Trinajstić information content (AvgIpc) is 3.15. The zero-order valence-corrected chi connectivity index (χ0v) is 19.1. The maximum Gasteiger partial charge on any atom is 0.220 e. The monoisotopic (exact) mass is 483 g/mol. The van der Waals surface area contributed by atoms with Crippen molar-refractivity contribution in [2.45, 2.75) is 39.7 Å². The van der Waals surface area contributed by atoms with Crippen molar-refractivity contribution in [2.24, 2.45) is 0 Å². The van der Waals surface area contributed by atoms with Crippen LogP contribution < -0.4 is 14.8 Å². The molecule has 1 unspecified atom stereocenters. The van der Waals surface area contributed by atoms with Crippen molar-refractivity contribution in [2.75, 3.05) is 13.2 Å². The minimum atomic E-state index is -0.204. The third kappa shape index (κ3) is 4.08. The van der Waals surface area contributed by atoms with Crippen LogP contribution in [0.3, 0.4) is 0 Å². The van der Waals surface area contributed by atoms with Gasteiger partial charge in [-0.25, -0.2) is 9.50 Å². The van der Waals surface area contributed by atoms with E-state index in [1.165, 1.54) is 6.20 Å². The van der Waals surface area contributed by atoms with Crippen molar-refractivity contribution >= 4 is 27.5 Å². The molecule has 1 N–H and O–H groups in total. The van der Waals surface area contributed by atoms with Gasteiger partial charge in [0.05, 0.1) is 12.2 Å². The number of fused-ring (bicyclic) bond motifs is 2. The molecule has 160 valence electrons. The van der Waals surface area contributed by atoms with Gasteiger partial charge in [0.25, 0.3) is 0 Å². The number of aromatic nitrogens is 3. The van der Waals surface area contributed by atoms with E-state index in [2.05, 4.69) is 37.4 Å². The third-order valence-corrected chi connectivity index (χ3v) is 6.12. The van der Waals surface area contributed by atoms with Crippen molar-refractivity contribution in [1.82, 2.24) is 19.9 Å². The molecule has 1 amide bonds. The first-order valence-electron chi connectivity index (χ1n) is 10.0. The number of benzene rings is 1. The summed E-state index contributed by atoms with van der Waals surface area (Å²) in [6.07, 6.45) is 2.36. The van der Waals surface area contributed by atoms with Crippen LogP contribution in [0.15, 0.2) is 22.8 Å². The Morgan fingerprint density at radius 3 is 2.74 bits per heavy atom. The maximum atomic E-state index is 12.7. The normalized spacial score (nSPS) is 13.6. The Balaban J connectivity index is 1.46. The van der Waals surface area contributed by atoms with E-state index in [1.54, 1.807) is 4.52 Å². The smallest absolute Gasteiger partial charge is 0.220 e. The highest BCUT2D eigenvalue weighted by molar-refractivity contribution is 9.10. The Kier molecular flexibility index (Phi) is 5.83. The van der Waals surface area contributed by atoms with E-state index in [9.17, 15) is 10.1 Å². The SMILES string of the molecule is Cc1nc2c(C#N)cnn2c(C)c1CCC(=O)NC(C)c1cc2c(cc1Br)OCCO2. The molecule has 0 aliphatic carbocycles. The summed E-state index contributed by atoms with van der Waals surface area (Å²) in [6.45, 7) is 6.80. The quantitative estimate of drug-likeness (QED) is 0.595.